The summed E-state index contributed by atoms with van der Waals surface area (Å²) >= 11 is 0. The number of nitriles is 1. The van der Waals surface area contributed by atoms with Crippen LogP contribution in [0.2, 0.25) is 0 Å². The van der Waals surface area contributed by atoms with E-state index < -0.39 is 0 Å². The zero-order valence-corrected chi connectivity index (χ0v) is 9.97. The molecule has 1 aliphatic rings. The normalized spacial score (nSPS) is 19.2. The highest BCUT2D eigenvalue weighted by atomic mass is 16.5. The number of benzene rings is 1. The van der Waals surface area contributed by atoms with Gasteiger partial charge in [0.05, 0.1) is 23.7 Å². The first kappa shape index (κ1) is 11.1. The zero-order chi connectivity index (χ0) is 12.5. The number of para-hydroxylation sites is 1. The molecule has 0 amide bonds. The number of nitrogens with two attached hydrogens (primary N) is 1. The molecule has 0 bridgehead atoms. The molecule has 2 N–H and O–H groups in total. The highest BCUT2D eigenvalue weighted by molar-refractivity contribution is 5.83. The minimum Gasteiger partial charge on any atom is -0.376 e. The van der Waals surface area contributed by atoms with Gasteiger partial charge in [-0.3, -0.25) is 0 Å². The van der Waals surface area contributed by atoms with E-state index in [9.17, 15) is 0 Å². The van der Waals surface area contributed by atoms with Gasteiger partial charge in [-0.1, -0.05) is 6.07 Å². The van der Waals surface area contributed by atoms with Crippen LogP contribution in [0.4, 0.5) is 5.95 Å². The largest absolute Gasteiger partial charge is 0.376 e. The van der Waals surface area contributed by atoms with Gasteiger partial charge in [0.2, 0.25) is 5.95 Å². The van der Waals surface area contributed by atoms with Crippen molar-refractivity contribution in [2.75, 3.05) is 12.3 Å². The minimum absolute atomic E-state index is 0.204. The van der Waals surface area contributed by atoms with E-state index in [0.29, 0.717) is 23.6 Å². The Bertz CT molecular complexity index is 620. The average molecular weight is 242 g/mol. The molecule has 1 unspecified atom stereocenters. The summed E-state index contributed by atoms with van der Waals surface area (Å²) < 4.78 is 7.55. The molecule has 2 heterocycles. The number of imidazole rings is 1. The van der Waals surface area contributed by atoms with Crippen molar-refractivity contribution in [2.24, 2.45) is 0 Å². The van der Waals surface area contributed by atoms with E-state index in [2.05, 4.69) is 11.1 Å². The molecule has 1 aromatic carbocycles. The van der Waals surface area contributed by atoms with Gasteiger partial charge >= 0.3 is 0 Å². The summed E-state index contributed by atoms with van der Waals surface area (Å²) in [6.07, 6.45) is 2.35. The summed E-state index contributed by atoms with van der Waals surface area (Å²) in [5, 5.41) is 9.06. The van der Waals surface area contributed by atoms with E-state index in [1.54, 1.807) is 6.07 Å². The van der Waals surface area contributed by atoms with Crippen LogP contribution in [-0.4, -0.2) is 22.3 Å². The van der Waals surface area contributed by atoms with Crippen molar-refractivity contribution in [3.8, 4) is 6.07 Å². The lowest BCUT2D eigenvalue weighted by Gasteiger charge is -2.12. The first-order valence-corrected chi connectivity index (χ1v) is 6.06. The van der Waals surface area contributed by atoms with Gasteiger partial charge in [-0.25, -0.2) is 4.98 Å². The third kappa shape index (κ3) is 1.71. The quantitative estimate of drug-likeness (QED) is 0.869. The Labute approximate surface area is 105 Å². The topological polar surface area (TPSA) is 76.9 Å². The van der Waals surface area contributed by atoms with E-state index in [0.717, 1.165) is 25.0 Å². The number of ether oxygens (including phenoxy) is 1. The van der Waals surface area contributed by atoms with Crippen LogP contribution in [0, 0.1) is 11.3 Å². The lowest BCUT2D eigenvalue weighted by atomic mass is 10.2. The molecule has 1 aromatic heterocycles. The van der Waals surface area contributed by atoms with Crippen LogP contribution < -0.4 is 5.73 Å². The molecule has 1 atom stereocenters. The third-order valence-corrected chi connectivity index (χ3v) is 3.34. The molecular formula is C13H14N4O. The van der Waals surface area contributed by atoms with Crippen LogP contribution in [0.1, 0.15) is 18.4 Å². The number of hydrogen-bond donors (Lipinski definition) is 1. The fourth-order valence-corrected chi connectivity index (χ4v) is 2.44. The van der Waals surface area contributed by atoms with Crippen LogP contribution in [0.3, 0.4) is 0 Å². The lowest BCUT2D eigenvalue weighted by Crippen LogP contribution is -2.16. The predicted molar refractivity (Wildman–Crippen MR) is 67.8 cm³/mol. The average Bonchev–Trinajstić information content (AvgIpc) is 2.99. The Morgan fingerprint density at radius 1 is 1.56 bits per heavy atom. The molecule has 3 rings (SSSR count). The van der Waals surface area contributed by atoms with Crippen molar-refractivity contribution in [1.29, 1.82) is 5.26 Å². The number of fused-ring (bicyclic) bond motifs is 1. The van der Waals surface area contributed by atoms with Gasteiger partial charge in [-0.15, -0.1) is 0 Å². The number of rotatable bonds is 2. The maximum absolute atomic E-state index is 9.06. The number of nitrogens with zero attached hydrogens (tertiary/aromatic N) is 3. The van der Waals surface area contributed by atoms with Crippen molar-refractivity contribution in [1.82, 2.24) is 9.55 Å². The van der Waals surface area contributed by atoms with Crippen molar-refractivity contribution >= 4 is 17.0 Å². The van der Waals surface area contributed by atoms with Gasteiger partial charge in [-0.05, 0) is 25.0 Å². The summed E-state index contributed by atoms with van der Waals surface area (Å²) in [7, 11) is 0. The molecule has 5 heteroatoms. The highest BCUT2D eigenvalue weighted by Crippen LogP contribution is 2.23. The van der Waals surface area contributed by atoms with Gasteiger partial charge in [0.1, 0.15) is 11.6 Å². The van der Waals surface area contributed by atoms with Crippen LogP contribution in [0.15, 0.2) is 18.2 Å². The second-order valence-corrected chi connectivity index (χ2v) is 4.50. The molecule has 5 nitrogen and oxygen atoms in total. The molecule has 2 aromatic rings. The van der Waals surface area contributed by atoms with Crippen molar-refractivity contribution < 1.29 is 4.74 Å². The van der Waals surface area contributed by atoms with Crippen molar-refractivity contribution in [2.45, 2.75) is 25.5 Å². The van der Waals surface area contributed by atoms with Gasteiger partial charge in [0, 0.05) is 6.61 Å². The summed E-state index contributed by atoms with van der Waals surface area (Å²) in [6.45, 7) is 1.53. The van der Waals surface area contributed by atoms with Crippen LogP contribution in [0.5, 0.6) is 0 Å². The molecule has 0 saturated carbocycles. The SMILES string of the molecule is N#Cc1cccc2c1nc(N)n2CC1CCCO1. The van der Waals surface area contributed by atoms with Crippen LogP contribution in [-0.2, 0) is 11.3 Å². The zero-order valence-electron chi connectivity index (χ0n) is 9.97. The molecule has 0 spiro atoms. The second kappa shape index (κ2) is 4.31. The first-order valence-electron chi connectivity index (χ1n) is 6.06. The fraction of sp³-hybridized carbons (Fsp3) is 0.385. The van der Waals surface area contributed by atoms with Gasteiger partial charge < -0.3 is 15.0 Å². The maximum Gasteiger partial charge on any atom is 0.201 e. The molecule has 1 fully saturated rings. The minimum atomic E-state index is 0.204. The van der Waals surface area contributed by atoms with Gasteiger partial charge in [0.25, 0.3) is 0 Å². The predicted octanol–water partition coefficient (Wildman–Crippen LogP) is 1.67. The molecule has 0 radical (unpaired) electrons. The Morgan fingerprint density at radius 3 is 3.17 bits per heavy atom. The Kier molecular flexibility index (Phi) is 2.65. The monoisotopic (exact) mass is 242 g/mol. The Hall–Kier alpha value is -2.06. The number of nitrogen functional groups attached to an aromatic ring is 1. The van der Waals surface area contributed by atoms with Crippen molar-refractivity contribution in [3.05, 3.63) is 23.8 Å². The summed E-state index contributed by atoms with van der Waals surface area (Å²) in [4.78, 5) is 4.29. The molecule has 92 valence electrons. The maximum atomic E-state index is 9.06. The van der Waals surface area contributed by atoms with E-state index in [1.807, 2.05) is 16.7 Å². The van der Waals surface area contributed by atoms with Crippen LogP contribution in [0.25, 0.3) is 11.0 Å². The Balaban J connectivity index is 2.06. The van der Waals surface area contributed by atoms with Gasteiger partial charge in [0.15, 0.2) is 0 Å². The van der Waals surface area contributed by atoms with Gasteiger partial charge in [-0.2, -0.15) is 5.26 Å². The first-order chi connectivity index (χ1) is 8.79. The lowest BCUT2D eigenvalue weighted by molar-refractivity contribution is 0.0984. The summed E-state index contributed by atoms with van der Waals surface area (Å²) in [5.74, 6) is 0.447. The summed E-state index contributed by atoms with van der Waals surface area (Å²) in [6, 6.07) is 7.69. The van der Waals surface area contributed by atoms with E-state index >= 15 is 0 Å². The van der Waals surface area contributed by atoms with E-state index in [4.69, 9.17) is 15.7 Å². The van der Waals surface area contributed by atoms with E-state index in [-0.39, 0.29) is 6.10 Å². The van der Waals surface area contributed by atoms with E-state index in [1.165, 1.54) is 0 Å². The molecular weight excluding hydrogens is 228 g/mol. The van der Waals surface area contributed by atoms with Crippen LogP contribution >= 0.6 is 0 Å². The number of anilines is 1. The molecule has 18 heavy (non-hydrogen) atoms. The fourth-order valence-electron chi connectivity index (χ4n) is 2.44. The highest BCUT2D eigenvalue weighted by Gasteiger charge is 2.19. The molecule has 1 aliphatic heterocycles. The van der Waals surface area contributed by atoms with Crippen molar-refractivity contribution in [3.63, 3.8) is 0 Å². The second-order valence-electron chi connectivity index (χ2n) is 4.50. The molecule has 1 saturated heterocycles. The molecule has 0 aliphatic carbocycles. The standard InChI is InChI=1S/C13H14N4O/c14-7-9-3-1-5-11-12(9)16-13(15)17(11)8-10-4-2-6-18-10/h1,3,5,10H,2,4,6,8H2,(H2,15,16). The number of aromatic nitrogens is 2. The number of hydrogen-bond acceptors (Lipinski definition) is 4. The Morgan fingerprint density at radius 2 is 2.44 bits per heavy atom. The summed E-state index contributed by atoms with van der Waals surface area (Å²) in [5.41, 5.74) is 8.08. The smallest absolute Gasteiger partial charge is 0.201 e. The third-order valence-electron chi connectivity index (χ3n) is 3.34.